The van der Waals surface area contributed by atoms with Crippen molar-refractivity contribution in [2.45, 2.75) is 141 Å². The number of fused-ring (bicyclic) bond motifs is 3. The zero-order chi connectivity index (χ0) is 61.0. The van der Waals surface area contributed by atoms with Crippen LogP contribution in [0.4, 0.5) is 0 Å². The molecule has 0 aromatic rings. The molecule has 9 heterocycles. The summed E-state index contributed by atoms with van der Waals surface area (Å²) < 4.78 is 154. The molecule has 0 amide bonds. The van der Waals surface area contributed by atoms with Crippen LogP contribution in [0, 0.1) is 5.92 Å². The molecule has 454 valence electrons. The van der Waals surface area contributed by atoms with E-state index >= 15 is 0 Å². The lowest BCUT2D eigenvalue weighted by molar-refractivity contribution is -0.177. The Bertz CT molecular complexity index is 3100. The first kappa shape index (κ1) is 63.1. The van der Waals surface area contributed by atoms with E-state index in [1.165, 1.54) is 27.7 Å². The van der Waals surface area contributed by atoms with Gasteiger partial charge in [-0.25, -0.2) is 28.8 Å². The van der Waals surface area contributed by atoms with Crippen molar-refractivity contribution in [3.05, 3.63) is 36.5 Å². The first-order chi connectivity index (χ1) is 38.1. The van der Waals surface area contributed by atoms with Crippen molar-refractivity contribution in [2.24, 2.45) is 5.92 Å². The second-order valence-corrected chi connectivity index (χ2v) is 25.4. The Morgan fingerprint density at radius 2 is 1.20 bits per heavy atom. The van der Waals surface area contributed by atoms with Crippen LogP contribution in [0.2, 0.25) is 0 Å². The molecule has 9 fully saturated rings. The van der Waals surface area contributed by atoms with Gasteiger partial charge in [0, 0.05) is 42.9 Å². The zero-order valence-electron chi connectivity index (χ0n) is 44.6. The first-order valence-corrected chi connectivity index (χ1v) is 28.7. The number of carbonyl (C=O) groups is 10. The molecule has 0 saturated carbocycles. The molecule has 16 atom stereocenters. The van der Waals surface area contributed by atoms with E-state index in [9.17, 15) is 73.2 Å². The largest absolute Gasteiger partial charge is 0.469 e. The van der Waals surface area contributed by atoms with E-state index < -0.39 is 203 Å². The summed E-state index contributed by atoms with van der Waals surface area (Å²) in [6.45, 7) is 14.5. The van der Waals surface area contributed by atoms with Crippen LogP contribution < -0.4 is 0 Å². The van der Waals surface area contributed by atoms with E-state index in [0.29, 0.717) is 0 Å². The molecular formula is C47H56O32S3. The van der Waals surface area contributed by atoms with E-state index in [2.05, 4.69) is 38.7 Å². The SMILES string of the molecule is C=C(C)C(=O)OCC(=O)OC1C2CC3(C(=O)OC)C(C)(O2)C1OS3(=O)=O.C=C(C)C(=O)OCC(=O)OC1C2OS(=O)(=O)C3C2OC1C3C(=O)OC.C=C(C)C(=O)OCC(=O)OC1C2OS(=O)(=O)C3CC1(COC(C)=O)OC23CCOC=O. The molecule has 82 heavy (non-hydrogen) atoms. The van der Waals surface area contributed by atoms with E-state index in [1.807, 2.05) is 0 Å². The van der Waals surface area contributed by atoms with Crippen LogP contribution in [0.25, 0.3) is 0 Å². The fourth-order valence-corrected chi connectivity index (χ4v) is 17.1. The highest BCUT2D eigenvalue weighted by molar-refractivity contribution is 7.89. The third kappa shape index (κ3) is 10.9. The van der Waals surface area contributed by atoms with Gasteiger partial charge in [0.25, 0.3) is 36.8 Å². The molecule has 9 aliphatic rings. The van der Waals surface area contributed by atoms with Gasteiger partial charge in [-0.2, -0.15) is 25.3 Å². The molecule has 0 aliphatic carbocycles. The van der Waals surface area contributed by atoms with E-state index in [0.717, 1.165) is 21.1 Å². The molecule has 9 aliphatic heterocycles. The van der Waals surface area contributed by atoms with Crippen molar-refractivity contribution >= 4 is 90.6 Å². The Balaban J connectivity index is 0.000000178. The predicted octanol–water partition coefficient (Wildman–Crippen LogP) is -2.94. The minimum atomic E-state index is -4.36. The van der Waals surface area contributed by atoms with Gasteiger partial charge in [-0.15, -0.1) is 0 Å². The predicted molar refractivity (Wildman–Crippen MR) is 257 cm³/mol. The maximum absolute atomic E-state index is 12.6. The summed E-state index contributed by atoms with van der Waals surface area (Å²) in [5, 5.41) is -2.32. The van der Waals surface area contributed by atoms with Crippen LogP contribution in [0.5, 0.6) is 0 Å². The number of ether oxygens (including phenoxy) is 13. The van der Waals surface area contributed by atoms with Crippen LogP contribution >= 0.6 is 0 Å². The average molecular weight is 1230 g/mol. The Morgan fingerprint density at radius 1 is 0.646 bits per heavy atom. The van der Waals surface area contributed by atoms with Gasteiger partial charge in [0.15, 0.2) is 38.1 Å². The molecule has 35 heteroatoms. The van der Waals surface area contributed by atoms with Gasteiger partial charge in [0.1, 0.15) is 76.5 Å². The summed E-state index contributed by atoms with van der Waals surface area (Å²) in [5.41, 5.74) is -4.23. The number of methoxy groups -OCH3 is 2. The number of rotatable bonds is 20. The summed E-state index contributed by atoms with van der Waals surface area (Å²) in [5.74, 6) is -8.73. The summed E-state index contributed by atoms with van der Waals surface area (Å²) >= 11 is 0. The van der Waals surface area contributed by atoms with Crippen LogP contribution in [0.15, 0.2) is 36.5 Å². The Hall–Kier alpha value is -6.47. The van der Waals surface area contributed by atoms with Crippen molar-refractivity contribution in [2.75, 3.05) is 47.3 Å². The third-order valence-corrected chi connectivity index (χ3v) is 20.3. The summed E-state index contributed by atoms with van der Waals surface area (Å²) in [6.07, 6.45) is -10.3. The van der Waals surface area contributed by atoms with Gasteiger partial charge in [-0.1, -0.05) is 19.7 Å². The van der Waals surface area contributed by atoms with E-state index in [-0.39, 0.29) is 49.1 Å². The molecule has 16 unspecified atom stereocenters. The molecule has 6 bridgehead atoms. The van der Waals surface area contributed by atoms with E-state index in [1.54, 1.807) is 0 Å². The van der Waals surface area contributed by atoms with Gasteiger partial charge < -0.3 is 61.6 Å². The third-order valence-electron chi connectivity index (χ3n) is 14.8. The standard InChI is InChI=1S/C18H22O12S.C15H18O10S.C14H16O10S/c1-10(2)16(22)26-7-13(21)28-14-15-18(4-5-25-9-19)12(31(23,24)29-15)6-17(14,30-18)8-27-11(3)20;1-7(2)12(17)22-6-9(16)23-10-8-5-15(13(18)21-4)14(3,24-8)11(10)25-26(15,19)20;1-5(2)13(16)21-4-6(15)22-9-8-7(14(17)20-3)12-11(23-8)10(9)24-25(12,18)19/h9,12,14-15H,1,4-8H2,2-3H3;8,10-11H,1,5-6H2,2-4H3;7-12H,1,4H2,2-3H3. The molecular weight excluding hydrogens is 1170 g/mol. The molecule has 32 nitrogen and oxygen atoms in total. The van der Waals surface area contributed by atoms with Gasteiger partial charge in [-0.3, -0.25) is 31.7 Å². The number of carbonyl (C=O) groups excluding carboxylic acids is 10. The van der Waals surface area contributed by atoms with Crippen molar-refractivity contribution in [3.8, 4) is 0 Å². The normalized spacial score (nSPS) is 36.3. The first-order valence-electron chi connectivity index (χ1n) is 24.4. The molecule has 0 aromatic carbocycles. The number of hydrogen-bond donors (Lipinski definition) is 0. The Morgan fingerprint density at radius 3 is 1.71 bits per heavy atom. The molecule has 0 radical (unpaired) electrons. The lowest BCUT2D eigenvalue weighted by atomic mass is 9.75. The molecule has 0 aromatic heterocycles. The number of hydrogen-bond acceptors (Lipinski definition) is 32. The van der Waals surface area contributed by atoms with Crippen LogP contribution in [-0.4, -0.2) is 220 Å². The molecule has 0 N–H and O–H groups in total. The van der Waals surface area contributed by atoms with E-state index in [4.69, 9.17) is 55.2 Å². The Kier molecular flexibility index (Phi) is 17.7. The van der Waals surface area contributed by atoms with Crippen molar-refractivity contribution < 1.29 is 147 Å². The Labute approximate surface area is 466 Å². The summed E-state index contributed by atoms with van der Waals surface area (Å²) in [6, 6.07) is 0. The van der Waals surface area contributed by atoms with Gasteiger partial charge in [0.2, 0.25) is 4.75 Å². The second kappa shape index (κ2) is 22.9. The highest BCUT2D eigenvalue weighted by Crippen LogP contribution is 2.63. The second-order valence-electron chi connectivity index (χ2n) is 20.1. The summed E-state index contributed by atoms with van der Waals surface area (Å²) in [4.78, 5) is 116. The average Bonchev–Trinajstić information content (AvgIpc) is 1.53. The molecule has 9 saturated heterocycles. The van der Waals surface area contributed by atoms with Crippen LogP contribution in [0.3, 0.4) is 0 Å². The highest BCUT2D eigenvalue weighted by Gasteiger charge is 2.86. The van der Waals surface area contributed by atoms with Crippen molar-refractivity contribution in [3.63, 3.8) is 0 Å². The van der Waals surface area contributed by atoms with Crippen molar-refractivity contribution in [1.82, 2.24) is 0 Å². The minimum absolute atomic E-state index is 0.0547. The minimum Gasteiger partial charge on any atom is -0.469 e. The van der Waals surface area contributed by atoms with Gasteiger partial charge >= 0.3 is 53.7 Å². The van der Waals surface area contributed by atoms with Crippen LogP contribution in [0.1, 0.15) is 53.9 Å². The van der Waals surface area contributed by atoms with Gasteiger partial charge in [-0.05, 0) is 27.7 Å². The number of esters is 9. The lowest BCUT2D eigenvalue weighted by Crippen LogP contribution is -2.61. The van der Waals surface area contributed by atoms with Gasteiger partial charge in [0.05, 0.1) is 20.8 Å². The maximum Gasteiger partial charge on any atom is 0.344 e. The highest BCUT2D eigenvalue weighted by atomic mass is 32.2. The maximum atomic E-state index is 12.6. The fourth-order valence-electron chi connectivity index (χ4n) is 11.3. The molecule has 9 rings (SSSR count). The molecule has 0 spiro atoms. The van der Waals surface area contributed by atoms with Crippen LogP contribution in [-0.2, 0) is 152 Å². The summed E-state index contributed by atoms with van der Waals surface area (Å²) in [7, 11) is -10.3. The zero-order valence-corrected chi connectivity index (χ0v) is 47.0. The topological polar surface area (TPSA) is 421 Å². The fraction of sp³-hybridized carbons (Fsp3) is 0.660. The quantitative estimate of drug-likeness (QED) is 0.0294. The monoisotopic (exact) mass is 1230 g/mol. The smallest absolute Gasteiger partial charge is 0.344 e. The lowest BCUT2D eigenvalue weighted by Gasteiger charge is -2.33. The van der Waals surface area contributed by atoms with Crippen molar-refractivity contribution in [1.29, 1.82) is 0 Å².